The van der Waals surface area contributed by atoms with Crippen molar-refractivity contribution in [3.05, 3.63) is 65.7 Å². The molecule has 1 saturated heterocycles. The van der Waals surface area contributed by atoms with Gasteiger partial charge in [0, 0.05) is 24.4 Å². The van der Waals surface area contributed by atoms with Crippen molar-refractivity contribution in [2.24, 2.45) is 5.92 Å². The zero-order valence-electron chi connectivity index (χ0n) is 27.1. The van der Waals surface area contributed by atoms with Gasteiger partial charge in [-0.2, -0.15) is 0 Å². The van der Waals surface area contributed by atoms with Crippen LogP contribution in [-0.2, 0) is 28.6 Å². The number of rotatable bonds is 12. The number of para-hydroxylation sites is 1. The largest absolute Gasteiger partial charge is 0.460 e. The van der Waals surface area contributed by atoms with Gasteiger partial charge in [0.2, 0.25) is 5.91 Å². The van der Waals surface area contributed by atoms with E-state index in [1.54, 1.807) is 38.1 Å². The van der Waals surface area contributed by atoms with Gasteiger partial charge in [0.1, 0.15) is 35.1 Å². The van der Waals surface area contributed by atoms with Crippen LogP contribution in [0.1, 0.15) is 67.7 Å². The third-order valence-electron chi connectivity index (χ3n) is 6.68. The number of hydrogen-bond donors (Lipinski definition) is 3. The average Bonchev–Trinajstić information content (AvgIpc) is 3.25. The lowest BCUT2D eigenvalue weighted by Gasteiger charge is -2.41. The Bertz CT molecular complexity index is 1350. The van der Waals surface area contributed by atoms with E-state index in [1.807, 2.05) is 34.6 Å². The van der Waals surface area contributed by atoms with E-state index in [1.165, 1.54) is 23.3 Å². The minimum atomic E-state index is -0.962. The maximum absolute atomic E-state index is 13.3. The molecule has 1 aromatic rings. The summed E-state index contributed by atoms with van der Waals surface area (Å²) in [6, 6.07) is 6.11. The van der Waals surface area contributed by atoms with Crippen molar-refractivity contribution in [2.75, 3.05) is 6.54 Å². The SMILES string of the molecule is C=C(N/C=C\C(=N)NC(=O)[C@H](CC(C)C)N1CC(Oc2ccccc2Cl)=CC1=O)[C@@H]1C[C@H](CC(=O)OC(C)(C)C)OC(C)(C)O1. The summed E-state index contributed by atoms with van der Waals surface area (Å²) in [4.78, 5) is 40.0. The lowest BCUT2D eigenvalue weighted by Crippen LogP contribution is -2.50. The Hall–Kier alpha value is -3.67. The monoisotopic (exact) mass is 644 g/mol. The lowest BCUT2D eigenvalue weighted by molar-refractivity contribution is -0.293. The van der Waals surface area contributed by atoms with Gasteiger partial charge in [0.15, 0.2) is 5.79 Å². The summed E-state index contributed by atoms with van der Waals surface area (Å²) in [5.74, 6) is -1.47. The summed E-state index contributed by atoms with van der Waals surface area (Å²) in [7, 11) is 0. The first-order valence-corrected chi connectivity index (χ1v) is 15.3. The summed E-state index contributed by atoms with van der Waals surface area (Å²) in [5.41, 5.74) is -0.106. The van der Waals surface area contributed by atoms with Gasteiger partial charge in [-0.05, 0) is 65.2 Å². The molecule has 2 aliphatic heterocycles. The summed E-state index contributed by atoms with van der Waals surface area (Å²) in [6.07, 6.45) is 4.09. The molecule has 246 valence electrons. The first kappa shape index (κ1) is 35.8. The van der Waals surface area contributed by atoms with Gasteiger partial charge < -0.3 is 34.5 Å². The Morgan fingerprint density at radius 2 is 1.93 bits per heavy atom. The number of nitrogens with one attached hydrogen (secondary N) is 3. The number of ether oxygens (including phenoxy) is 4. The molecule has 12 heteroatoms. The minimum Gasteiger partial charge on any atom is -0.460 e. The van der Waals surface area contributed by atoms with Crippen LogP contribution in [0.25, 0.3) is 0 Å². The highest BCUT2D eigenvalue weighted by molar-refractivity contribution is 6.32. The normalized spacial score (nSPS) is 20.5. The standard InChI is InChI=1S/C33H45ClN4O7/c1-20(2)15-25(38-19-23(17-29(38)39)42-26-12-10-9-11-24(26)34)31(41)37-28(35)13-14-36-21(3)27-16-22(43-33(7,8)44-27)18-30(40)45-32(4,5)6/h9-14,17,20,22,25,27,36H,3,15-16,18-19H2,1-2,4-8H3,(H2,35,37,41)/b14-13-/t22-,25+,27+/m1/s1. The molecule has 0 unspecified atom stereocenters. The van der Waals surface area contributed by atoms with Crippen molar-refractivity contribution in [1.82, 2.24) is 15.5 Å². The fraction of sp³-hybridized carbons (Fsp3) is 0.515. The molecule has 45 heavy (non-hydrogen) atoms. The fourth-order valence-corrected chi connectivity index (χ4v) is 5.10. The molecular weight excluding hydrogens is 600 g/mol. The molecule has 0 radical (unpaired) electrons. The lowest BCUT2D eigenvalue weighted by atomic mass is 10.0. The van der Waals surface area contributed by atoms with Crippen molar-refractivity contribution in [3.63, 3.8) is 0 Å². The van der Waals surface area contributed by atoms with Crippen LogP contribution in [0.3, 0.4) is 0 Å². The van der Waals surface area contributed by atoms with Gasteiger partial charge in [-0.1, -0.05) is 44.2 Å². The van der Waals surface area contributed by atoms with Gasteiger partial charge in [-0.15, -0.1) is 0 Å². The van der Waals surface area contributed by atoms with E-state index < -0.39 is 35.5 Å². The number of esters is 1. The molecule has 1 fully saturated rings. The summed E-state index contributed by atoms with van der Waals surface area (Å²) < 4.78 is 23.2. The van der Waals surface area contributed by atoms with Crippen LogP contribution in [0, 0.1) is 11.3 Å². The Morgan fingerprint density at radius 1 is 1.24 bits per heavy atom. The van der Waals surface area contributed by atoms with E-state index in [-0.39, 0.29) is 36.6 Å². The zero-order valence-corrected chi connectivity index (χ0v) is 27.8. The molecule has 3 rings (SSSR count). The first-order valence-electron chi connectivity index (χ1n) is 14.9. The molecule has 1 aromatic carbocycles. The van der Waals surface area contributed by atoms with Crippen molar-refractivity contribution < 1.29 is 33.3 Å². The molecule has 0 bridgehead atoms. The number of hydrogen-bond acceptors (Lipinski definition) is 9. The fourth-order valence-electron chi connectivity index (χ4n) is 4.93. The number of halogens is 1. The smallest absolute Gasteiger partial charge is 0.308 e. The zero-order chi connectivity index (χ0) is 33.5. The van der Waals surface area contributed by atoms with Crippen LogP contribution in [0.2, 0.25) is 5.02 Å². The number of benzene rings is 1. The topological polar surface area (TPSA) is 139 Å². The van der Waals surface area contributed by atoms with Crippen LogP contribution in [0.4, 0.5) is 0 Å². The van der Waals surface area contributed by atoms with Gasteiger partial charge in [-0.3, -0.25) is 19.8 Å². The summed E-state index contributed by atoms with van der Waals surface area (Å²) >= 11 is 6.19. The van der Waals surface area contributed by atoms with E-state index >= 15 is 0 Å². The van der Waals surface area contributed by atoms with Gasteiger partial charge in [0.05, 0.1) is 24.1 Å². The molecule has 2 heterocycles. The molecule has 2 aliphatic rings. The maximum atomic E-state index is 13.3. The van der Waals surface area contributed by atoms with Crippen molar-refractivity contribution >= 4 is 35.2 Å². The second kappa shape index (κ2) is 15.1. The second-order valence-corrected chi connectivity index (χ2v) is 13.3. The van der Waals surface area contributed by atoms with Gasteiger partial charge in [-0.25, -0.2) is 0 Å². The van der Waals surface area contributed by atoms with Crippen molar-refractivity contribution in [2.45, 2.75) is 97.4 Å². The number of carbonyl (C=O) groups is 3. The van der Waals surface area contributed by atoms with E-state index in [4.69, 9.17) is 36.0 Å². The molecule has 0 aliphatic carbocycles. The van der Waals surface area contributed by atoms with Crippen molar-refractivity contribution in [1.29, 1.82) is 5.41 Å². The highest BCUT2D eigenvalue weighted by Gasteiger charge is 2.38. The van der Waals surface area contributed by atoms with Gasteiger partial charge in [0.25, 0.3) is 5.91 Å². The highest BCUT2D eigenvalue weighted by atomic mass is 35.5. The number of amidine groups is 1. The number of nitrogens with zero attached hydrogens (tertiary/aromatic N) is 1. The van der Waals surface area contributed by atoms with E-state index in [0.29, 0.717) is 35.1 Å². The molecular formula is C33H45ClN4O7. The predicted molar refractivity (Wildman–Crippen MR) is 171 cm³/mol. The maximum Gasteiger partial charge on any atom is 0.308 e. The van der Waals surface area contributed by atoms with E-state index in [2.05, 4.69) is 17.2 Å². The Labute approximate surface area is 270 Å². The van der Waals surface area contributed by atoms with Gasteiger partial charge >= 0.3 is 5.97 Å². The predicted octanol–water partition coefficient (Wildman–Crippen LogP) is 5.21. The molecule has 11 nitrogen and oxygen atoms in total. The minimum absolute atomic E-state index is 0.0700. The van der Waals surface area contributed by atoms with E-state index in [0.717, 1.165) is 0 Å². The Balaban J connectivity index is 1.56. The Kier molecular flexibility index (Phi) is 12.0. The average molecular weight is 645 g/mol. The molecule has 0 saturated carbocycles. The molecule has 3 N–H and O–H groups in total. The van der Waals surface area contributed by atoms with Crippen LogP contribution >= 0.6 is 11.6 Å². The number of carbonyl (C=O) groups excluding carboxylic acids is 3. The summed E-state index contributed by atoms with van der Waals surface area (Å²) in [5, 5.41) is 14.3. The van der Waals surface area contributed by atoms with Crippen molar-refractivity contribution in [3.8, 4) is 5.75 Å². The van der Waals surface area contributed by atoms with Crippen LogP contribution in [0.15, 0.2) is 60.7 Å². The molecule has 2 amide bonds. The second-order valence-electron chi connectivity index (χ2n) is 12.9. The van der Waals surface area contributed by atoms with Crippen LogP contribution < -0.4 is 15.4 Å². The Morgan fingerprint density at radius 3 is 2.58 bits per heavy atom. The number of amides is 2. The summed E-state index contributed by atoms with van der Waals surface area (Å²) in [6.45, 7) is 17.0. The first-order chi connectivity index (χ1) is 20.9. The quantitative estimate of drug-likeness (QED) is 0.160. The third-order valence-corrected chi connectivity index (χ3v) is 6.99. The molecule has 0 aromatic heterocycles. The van der Waals surface area contributed by atoms with Crippen LogP contribution in [0.5, 0.6) is 5.75 Å². The van der Waals surface area contributed by atoms with E-state index in [9.17, 15) is 14.4 Å². The molecule has 3 atom stereocenters. The van der Waals surface area contributed by atoms with Crippen LogP contribution in [-0.4, -0.2) is 64.7 Å². The highest BCUT2D eigenvalue weighted by Crippen LogP contribution is 2.31. The third kappa shape index (κ3) is 11.3. The molecule has 0 spiro atoms.